The summed E-state index contributed by atoms with van der Waals surface area (Å²) in [6.45, 7) is 2.11. The minimum atomic E-state index is -0.269. The van der Waals surface area contributed by atoms with Crippen LogP contribution in [0.2, 0.25) is 0 Å². The van der Waals surface area contributed by atoms with E-state index in [1.807, 2.05) is 0 Å². The van der Waals surface area contributed by atoms with Gasteiger partial charge in [0.25, 0.3) is 0 Å². The second kappa shape index (κ2) is 2.49. The Morgan fingerprint density at radius 1 is 1.36 bits per heavy atom. The first-order valence-electron chi connectivity index (χ1n) is 3.73. The summed E-state index contributed by atoms with van der Waals surface area (Å²) < 4.78 is 12.4. The molecule has 1 fully saturated rings. The zero-order valence-electron chi connectivity index (χ0n) is 6.13. The van der Waals surface area contributed by atoms with Crippen LogP contribution in [0.4, 0.5) is 10.2 Å². The van der Waals surface area contributed by atoms with Gasteiger partial charge in [-0.2, -0.15) is 0 Å². The zero-order chi connectivity index (χ0) is 7.68. The van der Waals surface area contributed by atoms with Crippen LogP contribution in [-0.4, -0.2) is 18.1 Å². The fourth-order valence-electron chi connectivity index (χ4n) is 1.10. The van der Waals surface area contributed by atoms with Crippen molar-refractivity contribution in [1.82, 2.24) is 4.98 Å². The minimum absolute atomic E-state index is 0.269. The monoisotopic (exact) mass is 152 g/mol. The van der Waals surface area contributed by atoms with Crippen LogP contribution in [0.25, 0.3) is 0 Å². The van der Waals surface area contributed by atoms with Gasteiger partial charge < -0.3 is 4.90 Å². The molecule has 3 heteroatoms. The first-order chi connectivity index (χ1) is 5.36. The highest BCUT2D eigenvalue weighted by Crippen LogP contribution is 2.16. The fourth-order valence-corrected chi connectivity index (χ4v) is 1.10. The fraction of sp³-hybridized carbons (Fsp3) is 0.375. The standard InChI is InChI=1S/C8H9FN2/c9-7-2-3-8(10-6-7)11-4-1-5-11/h2-3,6H,1,4-5H2. The van der Waals surface area contributed by atoms with Gasteiger partial charge in [0, 0.05) is 13.1 Å². The van der Waals surface area contributed by atoms with Crippen molar-refractivity contribution in [1.29, 1.82) is 0 Å². The molecule has 0 spiro atoms. The van der Waals surface area contributed by atoms with Gasteiger partial charge in [-0.3, -0.25) is 0 Å². The van der Waals surface area contributed by atoms with Crippen LogP contribution in [0.3, 0.4) is 0 Å². The molecule has 0 aliphatic carbocycles. The molecule has 2 heterocycles. The van der Waals surface area contributed by atoms with Crippen molar-refractivity contribution in [2.24, 2.45) is 0 Å². The van der Waals surface area contributed by atoms with Crippen LogP contribution in [0.15, 0.2) is 18.3 Å². The SMILES string of the molecule is Fc1ccc(N2CCC2)nc1. The molecule has 0 amide bonds. The first kappa shape index (κ1) is 6.58. The van der Waals surface area contributed by atoms with Gasteiger partial charge in [0.15, 0.2) is 0 Å². The zero-order valence-corrected chi connectivity index (χ0v) is 6.13. The molecule has 1 aromatic rings. The average Bonchev–Trinajstić information content (AvgIpc) is 1.90. The van der Waals surface area contributed by atoms with E-state index in [4.69, 9.17) is 0 Å². The number of hydrogen-bond donors (Lipinski definition) is 0. The Labute approximate surface area is 64.7 Å². The van der Waals surface area contributed by atoms with Gasteiger partial charge >= 0.3 is 0 Å². The Morgan fingerprint density at radius 2 is 2.18 bits per heavy atom. The van der Waals surface area contributed by atoms with Gasteiger partial charge in [0.1, 0.15) is 11.6 Å². The smallest absolute Gasteiger partial charge is 0.141 e. The third kappa shape index (κ3) is 1.18. The maximum Gasteiger partial charge on any atom is 0.141 e. The molecule has 2 nitrogen and oxygen atoms in total. The number of aromatic nitrogens is 1. The van der Waals surface area contributed by atoms with E-state index in [0.29, 0.717) is 0 Å². The van der Waals surface area contributed by atoms with Gasteiger partial charge in [-0.1, -0.05) is 0 Å². The lowest BCUT2D eigenvalue weighted by molar-refractivity contribution is 0.597. The summed E-state index contributed by atoms with van der Waals surface area (Å²) in [5.74, 6) is 0.618. The number of pyridine rings is 1. The van der Waals surface area contributed by atoms with Gasteiger partial charge in [-0.25, -0.2) is 9.37 Å². The molecule has 0 atom stereocenters. The summed E-state index contributed by atoms with van der Waals surface area (Å²) in [6, 6.07) is 3.16. The van der Waals surface area contributed by atoms with Crippen molar-refractivity contribution in [2.45, 2.75) is 6.42 Å². The molecule has 0 bridgehead atoms. The predicted octanol–water partition coefficient (Wildman–Crippen LogP) is 1.43. The molecule has 58 valence electrons. The number of hydrogen-bond acceptors (Lipinski definition) is 2. The summed E-state index contributed by atoms with van der Waals surface area (Å²) in [7, 11) is 0. The van der Waals surface area contributed by atoms with Crippen LogP contribution in [0, 0.1) is 5.82 Å². The Kier molecular flexibility index (Phi) is 1.49. The molecule has 0 saturated carbocycles. The van der Waals surface area contributed by atoms with E-state index in [2.05, 4.69) is 9.88 Å². The van der Waals surface area contributed by atoms with Crippen molar-refractivity contribution in [3.05, 3.63) is 24.1 Å². The van der Waals surface area contributed by atoms with Crippen molar-refractivity contribution < 1.29 is 4.39 Å². The lowest BCUT2D eigenvalue weighted by Crippen LogP contribution is -2.37. The summed E-state index contributed by atoms with van der Waals surface area (Å²) in [5, 5.41) is 0. The lowest BCUT2D eigenvalue weighted by atomic mass is 10.2. The third-order valence-electron chi connectivity index (χ3n) is 1.89. The van der Waals surface area contributed by atoms with Gasteiger partial charge in [-0.05, 0) is 18.6 Å². The molecule has 1 aliphatic rings. The number of halogens is 1. The van der Waals surface area contributed by atoms with E-state index in [9.17, 15) is 4.39 Å². The van der Waals surface area contributed by atoms with Gasteiger partial charge in [0.2, 0.25) is 0 Å². The molecule has 11 heavy (non-hydrogen) atoms. The van der Waals surface area contributed by atoms with E-state index in [1.165, 1.54) is 18.7 Å². The summed E-state index contributed by atoms with van der Waals surface area (Å²) in [4.78, 5) is 6.08. The molecule has 1 saturated heterocycles. The van der Waals surface area contributed by atoms with Crippen LogP contribution in [0.1, 0.15) is 6.42 Å². The molecule has 1 aliphatic heterocycles. The van der Waals surface area contributed by atoms with E-state index in [-0.39, 0.29) is 5.82 Å². The quantitative estimate of drug-likeness (QED) is 0.605. The summed E-state index contributed by atoms with van der Waals surface area (Å²) in [6.07, 6.45) is 2.48. The second-order valence-electron chi connectivity index (χ2n) is 2.68. The Hall–Kier alpha value is -1.12. The normalized spacial score (nSPS) is 16.3. The highest BCUT2D eigenvalue weighted by Gasteiger charge is 2.14. The Bertz CT molecular complexity index is 241. The van der Waals surface area contributed by atoms with E-state index >= 15 is 0 Å². The minimum Gasteiger partial charge on any atom is -0.356 e. The highest BCUT2D eigenvalue weighted by atomic mass is 19.1. The number of rotatable bonds is 1. The number of nitrogens with zero attached hydrogens (tertiary/aromatic N) is 2. The molecule has 2 rings (SSSR count). The van der Waals surface area contributed by atoms with Crippen molar-refractivity contribution in [3.8, 4) is 0 Å². The molecule has 0 radical (unpaired) electrons. The molecule has 0 N–H and O–H groups in total. The Balaban J connectivity index is 2.18. The van der Waals surface area contributed by atoms with Crippen molar-refractivity contribution in [3.63, 3.8) is 0 Å². The van der Waals surface area contributed by atoms with Crippen LogP contribution in [-0.2, 0) is 0 Å². The predicted molar refractivity (Wildman–Crippen MR) is 41.0 cm³/mol. The molecule has 0 aromatic carbocycles. The number of anilines is 1. The molecule has 1 aromatic heterocycles. The highest BCUT2D eigenvalue weighted by molar-refractivity contribution is 5.40. The van der Waals surface area contributed by atoms with E-state index in [1.54, 1.807) is 6.07 Å². The second-order valence-corrected chi connectivity index (χ2v) is 2.68. The van der Waals surface area contributed by atoms with Crippen molar-refractivity contribution in [2.75, 3.05) is 18.0 Å². The van der Waals surface area contributed by atoms with Crippen LogP contribution >= 0.6 is 0 Å². The van der Waals surface area contributed by atoms with Crippen LogP contribution < -0.4 is 4.90 Å². The maximum atomic E-state index is 12.4. The van der Waals surface area contributed by atoms with Gasteiger partial charge in [0.05, 0.1) is 6.20 Å². The first-order valence-corrected chi connectivity index (χ1v) is 3.73. The lowest BCUT2D eigenvalue weighted by Gasteiger charge is -2.31. The topological polar surface area (TPSA) is 16.1 Å². The summed E-state index contributed by atoms with van der Waals surface area (Å²) >= 11 is 0. The average molecular weight is 152 g/mol. The van der Waals surface area contributed by atoms with Gasteiger partial charge in [-0.15, -0.1) is 0 Å². The molecule has 0 unspecified atom stereocenters. The Morgan fingerprint density at radius 3 is 2.64 bits per heavy atom. The largest absolute Gasteiger partial charge is 0.356 e. The molecular weight excluding hydrogens is 143 g/mol. The molecular formula is C8H9FN2. The van der Waals surface area contributed by atoms with E-state index < -0.39 is 0 Å². The van der Waals surface area contributed by atoms with E-state index in [0.717, 1.165) is 18.9 Å². The third-order valence-corrected chi connectivity index (χ3v) is 1.89. The maximum absolute atomic E-state index is 12.4. The summed E-state index contributed by atoms with van der Waals surface area (Å²) in [5.41, 5.74) is 0. The van der Waals surface area contributed by atoms with Crippen LogP contribution in [0.5, 0.6) is 0 Å². The van der Waals surface area contributed by atoms with Crippen molar-refractivity contribution >= 4 is 5.82 Å².